The van der Waals surface area contributed by atoms with Crippen molar-refractivity contribution in [1.82, 2.24) is 9.80 Å². The zero-order valence-electron chi connectivity index (χ0n) is 12.4. The van der Waals surface area contributed by atoms with Crippen LogP contribution in [0.3, 0.4) is 0 Å². The van der Waals surface area contributed by atoms with Gasteiger partial charge in [-0.15, -0.1) is 0 Å². The lowest BCUT2D eigenvalue weighted by Gasteiger charge is -2.40. The third kappa shape index (κ3) is 2.75. The number of piperidine rings is 1. The van der Waals surface area contributed by atoms with E-state index in [1.807, 2.05) is 0 Å². The Balaban J connectivity index is 1.58. The summed E-state index contributed by atoms with van der Waals surface area (Å²) in [6.07, 6.45) is 5.52. The molecular weight excluding hydrogens is 272 g/mol. The molecule has 3 rings (SSSR count). The van der Waals surface area contributed by atoms with E-state index < -0.39 is 0 Å². The van der Waals surface area contributed by atoms with E-state index in [4.69, 9.17) is 0 Å². The van der Waals surface area contributed by atoms with Gasteiger partial charge in [0.05, 0.1) is 0 Å². The monoisotopic (exact) mass is 296 g/mol. The second-order valence-corrected chi connectivity index (χ2v) is 7.79. The number of amides is 1. The van der Waals surface area contributed by atoms with Crippen molar-refractivity contribution in [3.8, 4) is 0 Å². The first-order chi connectivity index (χ1) is 9.54. The number of nitrogens with zero attached hydrogens (tertiary/aromatic N) is 2. The highest BCUT2D eigenvalue weighted by Gasteiger charge is 2.43. The molecule has 2 bridgehead atoms. The molecule has 0 aromatic carbocycles. The van der Waals surface area contributed by atoms with E-state index in [0.717, 1.165) is 25.1 Å². The fourth-order valence-corrected chi connectivity index (χ4v) is 4.84. The van der Waals surface area contributed by atoms with E-state index in [2.05, 4.69) is 16.8 Å². The predicted molar refractivity (Wildman–Crippen MR) is 80.6 cm³/mol. The van der Waals surface area contributed by atoms with Crippen LogP contribution in [0.15, 0.2) is 0 Å². The van der Waals surface area contributed by atoms with Crippen molar-refractivity contribution in [2.24, 2.45) is 5.92 Å². The molecule has 3 aliphatic rings. The van der Waals surface area contributed by atoms with Gasteiger partial charge in [0.1, 0.15) is 0 Å². The maximum Gasteiger partial charge on any atom is 0.223 e. The second-order valence-electron chi connectivity index (χ2n) is 6.59. The highest BCUT2D eigenvalue weighted by molar-refractivity contribution is 8.13. The average molecular weight is 296 g/mol. The van der Waals surface area contributed by atoms with Crippen LogP contribution in [-0.2, 0) is 9.59 Å². The Morgan fingerprint density at radius 3 is 2.50 bits per heavy atom. The third-order valence-corrected chi connectivity index (χ3v) is 6.32. The molecule has 3 aliphatic heterocycles. The van der Waals surface area contributed by atoms with Gasteiger partial charge in [-0.3, -0.25) is 9.59 Å². The molecule has 0 aliphatic carbocycles. The third-order valence-electron chi connectivity index (χ3n) is 5.27. The minimum absolute atomic E-state index is 0.160. The predicted octanol–water partition coefficient (Wildman–Crippen LogP) is 1.74. The molecule has 0 saturated carbocycles. The van der Waals surface area contributed by atoms with Crippen molar-refractivity contribution >= 4 is 22.8 Å². The molecular formula is C15H24N2O2S. The Bertz CT molecular complexity index is 401. The van der Waals surface area contributed by atoms with Crippen molar-refractivity contribution < 1.29 is 9.59 Å². The summed E-state index contributed by atoms with van der Waals surface area (Å²) in [5.74, 6) is 1.48. The first-order valence-corrected chi connectivity index (χ1v) is 8.68. The van der Waals surface area contributed by atoms with E-state index in [-0.39, 0.29) is 5.12 Å². The van der Waals surface area contributed by atoms with Crippen LogP contribution in [0.25, 0.3) is 0 Å². The Hall–Kier alpha value is -0.550. The van der Waals surface area contributed by atoms with Crippen LogP contribution < -0.4 is 0 Å². The van der Waals surface area contributed by atoms with Gasteiger partial charge < -0.3 is 9.80 Å². The Kier molecular flexibility index (Phi) is 4.09. The second kappa shape index (κ2) is 5.68. The van der Waals surface area contributed by atoms with Gasteiger partial charge in [-0.05, 0) is 38.6 Å². The minimum Gasteiger partial charge on any atom is -0.339 e. The molecule has 3 heterocycles. The smallest absolute Gasteiger partial charge is 0.223 e. The van der Waals surface area contributed by atoms with E-state index in [1.54, 1.807) is 6.92 Å². The van der Waals surface area contributed by atoms with Gasteiger partial charge in [-0.2, -0.15) is 0 Å². The van der Waals surface area contributed by atoms with Gasteiger partial charge in [0.2, 0.25) is 5.91 Å². The number of rotatable bonds is 3. The largest absolute Gasteiger partial charge is 0.339 e. The van der Waals surface area contributed by atoms with Crippen LogP contribution in [0, 0.1) is 5.92 Å². The van der Waals surface area contributed by atoms with Gasteiger partial charge in [0.15, 0.2) is 5.12 Å². The molecule has 3 saturated heterocycles. The molecule has 0 aromatic heterocycles. The van der Waals surface area contributed by atoms with Crippen LogP contribution in [-0.4, -0.2) is 58.3 Å². The van der Waals surface area contributed by atoms with Crippen molar-refractivity contribution in [2.75, 3.05) is 19.3 Å². The molecule has 0 N–H and O–H groups in total. The van der Waals surface area contributed by atoms with Crippen molar-refractivity contribution in [3.05, 3.63) is 0 Å². The van der Waals surface area contributed by atoms with E-state index in [1.165, 1.54) is 24.6 Å². The van der Waals surface area contributed by atoms with Crippen molar-refractivity contribution in [1.29, 1.82) is 0 Å². The molecule has 3 fully saturated rings. The molecule has 0 radical (unpaired) electrons. The molecule has 5 heteroatoms. The Morgan fingerprint density at radius 2 is 1.90 bits per heavy atom. The lowest BCUT2D eigenvalue weighted by molar-refractivity contribution is -0.131. The summed E-state index contributed by atoms with van der Waals surface area (Å²) >= 11 is 1.37. The number of likely N-dealkylation sites (tertiary alicyclic amines) is 1. The van der Waals surface area contributed by atoms with E-state index in [0.29, 0.717) is 36.4 Å². The van der Waals surface area contributed by atoms with Crippen molar-refractivity contribution in [3.63, 3.8) is 0 Å². The summed E-state index contributed by atoms with van der Waals surface area (Å²) in [6, 6.07) is 1.80. The Morgan fingerprint density at radius 1 is 1.25 bits per heavy atom. The zero-order valence-corrected chi connectivity index (χ0v) is 13.2. The van der Waals surface area contributed by atoms with Gasteiger partial charge in [0, 0.05) is 43.8 Å². The molecule has 3 unspecified atom stereocenters. The van der Waals surface area contributed by atoms with Gasteiger partial charge in [-0.1, -0.05) is 11.8 Å². The first-order valence-electron chi connectivity index (χ1n) is 7.69. The topological polar surface area (TPSA) is 40.6 Å². The summed E-state index contributed by atoms with van der Waals surface area (Å²) in [5, 5.41) is 0.160. The number of hydrogen-bond donors (Lipinski definition) is 0. The maximum atomic E-state index is 12.3. The average Bonchev–Trinajstić information content (AvgIpc) is 2.83. The molecule has 4 nitrogen and oxygen atoms in total. The lowest BCUT2D eigenvalue weighted by Crippen LogP contribution is -2.49. The van der Waals surface area contributed by atoms with Gasteiger partial charge in [0.25, 0.3) is 0 Å². The summed E-state index contributed by atoms with van der Waals surface area (Å²) in [4.78, 5) is 28.0. The van der Waals surface area contributed by atoms with Crippen LogP contribution in [0.2, 0.25) is 0 Å². The van der Waals surface area contributed by atoms with E-state index >= 15 is 0 Å². The van der Waals surface area contributed by atoms with Gasteiger partial charge in [-0.25, -0.2) is 0 Å². The number of hydrogen-bond acceptors (Lipinski definition) is 4. The highest BCUT2D eigenvalue weighted by atomic mass is 32.2. The summed E-state index contributed by atoms with van der Waals surface area (Å²) < 4.78 is 0. The molecule has 1 amide bonds. The quantitative estimate of drug-likeness (QED) is 0.795. The summed E-state index contributed by atoms with van der Waals surface area (Å²) in [7, 11) is 2.23. The first kappa shape index (κ1) is 14.4. The molecule has 0 spiro atoms. The summed E-state index contributed by atoms with van der Waals surface area (Å²) in [6.45, 7) is 2.47. The van der Waals surface area contributed by atoms with Crippen LogP contribution in [0.1, 0.15) is 39.0 Å². The lowest BCUT2D eigenvalue weighted by atomic mass is 9.97. The zero-order chi connectivity index (χ0) is 14.3. The van der Waals surface area contributed by atoms with Crippen LogP contribution in [0.4, 0.5) is 0 Å². The van der Waals surface area contributed by atoms with Crippen LogP contribution in [0.5, 0.6) is 0 Å². The minimum atomic E-state index is 0.160. The number of fused-ring (bicyclic) bond motifs is 2. The fraction of sp³-hybridized carbons (Fsp3) is 0.867. The highest BCUT2D eigenvalue weighted by Crippen LogP contribution is 2.38. The molecule has 0 aromatic rings. The summed E-state index contributed by atoms with van der Waals surface area (Å²) in [5.41, 5.74) is 0. The standard InChI is InChI=1S/C15H24N2O2S/c1-10(18)20-9-11-5-15(19)17(8-11)14-6-12-3-4-13(7-14)16(12)2/h11-14H,3-9H2,1-2H3. The molecule has 20 heavy (non-hydrogen) atoms. The number of carbonyl (C=O) groups is 2. The molecule has 3 atom stereocenters. The normalized spacial score (nSPS) is 37.7. The van der Waals surface area contributed by atoms with Crippen LogP contribution >= 0.6 is 11.8 Å². The SMILES string of the molecule is CC(=O)SCC1CC(=O)N(C2CC3CCC(C2)N3C)C1. The Labute approximate surface area is 125 Å². The molecule has 112 valence electrons. The van der Waals surface area contributed by atoms with Gasteiger partial charge >= 0.3 is 0 Å². The van der Waals surface area contributed by atoms with E-state index in [9.17, 15) is 9.59 Å². The fourth-order valence-electron chi connectivity index (χ4n) is 4.15. The maximum absolute atomic E-state index is 12.3. The number of carbonyl (C=O) groups excluding carboxylic acids is 2. The number of thioether (sulfide) groups is 1. The van der Waals surface area contributed by atoms with Crippen molar-refractivity contribution in [2.45, 2.75) is 57.2 Å².